The zero-order valence-corrected chi connectivity index (χ0v) is 15.5. The van der Waals surface area contributed by atoms with Crippen LogP contribution < -0.4 is 0 Å². The maximum Gasteiger partial charge on any atom is 0.234 e. The first-order valence-corrected chi connectivity index (χ1v) is 9.10. The van der Waals surface area contributed by atoms with E-state index in [1.807, 2.05) is 0 Å². The molecule has 0 unspecified atom stereocenters. The van der Waals surface area contributed by atoms with Crippen LogP contribution in [-0.2, 0) is 19.6 Å². The Morgan fingerprint density at radius 2 is 1.05 bits per heavy atom. The SMILES string of the molecule is CCC(C)(CC)OOC1(OOC(C)(CC)CC)CCCCC1. The Labute approximate surface area is 136 Å². The highest BCUT2D eigenvalue weighted by molar-refractivity contribution is 4.76. The summed E-state index contributed by atoms with van der Waals surface area (Å²) in [4.78, 5) is 23.3. The number of hydrogen-bond donors (Lipinski definition) is 0. The van der Waals surface area contributed by atoms with E-state index < -0.39 is 5.79 Å². The summed E-state index contributed by atoms with van der Waals surface area (Å²) in [6.07, 6.45) is 8.63. The second-order valence-electron chi connectivity index (χ2n) is 7.12. The molecule has 1 rings (SSSR count). The molecule has 0 aromatic heterocycles. The van der Waals surface area contributed by atoms with Crippen LogP contribution in [0.15, 0.2) is 0 Å². The van der Waals surface area contributed by atoms with Gasteiger partial charge in [0.2, 0.25) is 5.79 Å². The van der Waals surface area contributed by atoms with E-state index in [2.05, 4.69) is 41.5 Å². The molecule has 0 N–H and O–H groups in total. The third-order valence-electron chi connectivity index (χ3n) is 5.40. The van der Waals surface area contributed by atoms with Crippen molar-refractivity contribution in [3.05, 3.63) is 0 Å². The Morgan fingerprint density at radius 1 is 0.682 bits per heavy atom. The van der Waals surface area contributed by atoms with Crippen LogP contribution in [0.1, 0.15) is 99.3 Å². The predicted molar refractivity (Wildman–Crippen MR) is 88.1 cm³/mol. The number of hydrogen-bond acceptors (Lipinski definition) is 4. The summed E-state index contributed by atoms with van der Waals surface area (Å²) in [6.45, 7) is 12.6. The van der Waals surface area contributed by atoms with Gasteiger partial charge in [0.15, 0.2) is 0 Å². The molecule has 22 heavy (non-hydrogen) atoms. The van der Waals surface area contributed by atoms with Crippen molar-refractivity contribution in [2.45, 2.75) is 116 Å². The van der Waals surface area contributed by atoms with E-state index >= 15 is 0 Å². The molecule has 4 nitrogen and oxygen atoms in total. The zero-order valence-electron chi connectivity index (χ0n) is 15.5. The molecular formula is C18H36O4. The van der Waals surface area contributed by atoms with Crippen molar-refractivity contribution in [3.8, 4) is 0 Å². The fraction of sp³-hybridized carbons (Fsp3) is 1.00. The van der Waals surface area contributed by atoms with E-state index in [4.69, 9.17) is 19.6 Å². The molecule has 1 aliphatic rings. The summed E-state index contributed by atoms with van der Waals surface area (Å²) in [7, 11) is 0. The van der Waals surface area contributed by atoms with E-state index in [0.717, 1.165) is 51.4 Å². The highest BCUT2D eigenvalue weighted by Crippen LogP contribution is 2.37. The van der Waals surface area contributed by atoms with Crippen LogP contribution in [0.2, 0.25) is 0 Å². The molecule has 0 aliphatic heterocycles. The van der Waals surface area contributed by atoms with Crippen molar-refractivity contribution in [1.82, 2.24) is 0 Å². The normalized spacial score (nSPS) is 19.4. The van der Waals surface area contributed by atoms with Gasteiger partial charge in [-0.3, -0.25) is 0 Å². The van der Waals surface area contributed by atoms with Crippen LogP contribution >= 0.6 is 0 Å². The van der Waals surface area contributed by atoms with Crippen molar-refractivity contribution in [2.24, 2.45) is 0 Å². The summed E-state index contributed by atoms with van der Waals surface area (Å²) in [5.74, 6) is -0.755. The van der Waals surface area contributed by atoms with Gasteiger partial charge < -0.3 is 0 Å². The third kappa shape index (κ3) is 5.48. The van der Waals surface area contributed by atoms with Gasteiger partial charge >= 0.3 is 0 Å². The van der Waals surface area contributed by atoms with Gasteiger partial charge in [0.25, 0.3) is 0 Å². The van der Waals surface area contributed by atoms with Gasteiger partial charge in [0.1, 0.15) is 11.2 Å². The Balaban J connectivity index is 2.69. The molecule has 0 spiro atoms. The van der Waals surface area contributed by atoms with Crippen molar-refractivity contribution in [2.75, 3.05) is 0 Å². The lowest BCUT2D eigenvalue weighted by atomic mass is 9.94. The van der Waals surface area contributed by atoms with Crippen molar-refractivity contribution < 1.29 is 19.6 Å². The van der Waals surface area contributed by atoms with E-state index in [-0.39, 0.29) is 11.2 Å². The minimum atomic E-state index is -0.755. The molecule has 0 saturated heterocycles. The van der Waals surface area contributed by atoms with Crippen molar-refractivity contribution in [3.63, 3.8) is 0 Å². The molecule has 1 saturated carbocycles. The van der Waals surface area contributed by atoms with Crippen LogP contribution in [0.3, 0.4) is 0 Å². The van der Waals surface area contributed by atoms with Gasteiger partial charge in [-0.1, -0.05) is 34.1 Å². The number of rotatable bonds is 10. The molecule has 4 heteroatoms. The standard InChI is InChI=1S/C18H36O4/c1-7-16(5,8-2)19-21-18(14-12-11-13-15-18)22-20-17(6,9-3)10-4/h7-15H2,1-6H3. The van der Waals surface area contributed by atoms with E-state index in [1.54, 1.807) is 0 Å². The average molecular weight is 316 g/mol. The average Bonchev–Trinajstić information content (AvgIpc) is 2.58. The first-order chi connectivity index (χ1) is 10.4. The fourth-order valence-corrected chi connectivity index (χ4v) is 2.36. The highest BCUT2D eigenvalue weighted by atomic mass is 17.3. The molecule has 0 aromatic carbocycles. The topological polar surface area (TPSA) is 36.9 Å². The Hall–Kier alpha value is -0.160. The summed E-state index contributed by atoms with van der Waals surface area (Å²) in [6, 6.07) is 0. The van der Waals surface area contributed by atoms with Gasteiger partial charge in [0.05, 0.1) is 0 Å². The summed E-state index contributed by atoms with van der Waals surface area (Å²) >= 11 is 0. The molecule has 0 radical (unpaired) electrons. The predicted octanol–water partition coefficient (Wildman–Crippen LogP) is 5.70. The molecular weight excluding hydrogens is 280 g/mol. The molecule has 0 atom stereocenters. The lowest BCUT2D eigenvalue weighted by molar-refractivity contribution is -0.550. The first kappa shape index (κ1) is 19.9. The second kappa shape index (κ2) is 8.62. The Bertz CT molecular complexity index is 278. The smallest absolute Gasteiger partial charge is 0.227 e. The Morgan fingerprint density at radius 3 is 1.36 bits per heavy atom. The fourth-order valence-electron chi connectivity index (χ4n) is 2.36. The maximum atomic E-state index is 5.85. The van der Waals surface area contributed by atoms with Crippen LogP contribution in [-0.4, -0.2) is 17.0 Å². The van der Waals surface area contributed by atoms with E-state index in [9.17, 15) is 0 Å². The second-order valence-corrected chi connectivity index (χ2v) is 7.12. The van der Waals surface area contributed by atoms with Crippen LogP contribution in [0, 0.1) is 0 Å². The Kier molecular flexibility index (Phi) is 7.80. The molecule has 1 aliphatic carbocycles. The summed E-state index contributed by atoms with van der Waals surface area (Å²) in [5, 5.41) is 0. The molecule has 0 amide bonds. The quantitative estimate of drug-likeness (QED) is 0.294. The van der Waals surface area contributed by atoms with Crippen LogP contribution in [0.4, 0.5) is 0 Å². The zero-order chi connectivity index (χ0) is 16.7. The molecule has 0 bridgehead atoms. The lowest BCUT2D eigenvalue weighted by Gasteiger charge is -2.39. The van der Waals surface area contributed by atoms with Gasteiger partial charge in [-0.25, -0.2) is 9.78 Å². The van der Waals surface area contributed by atoms with Gasteiger partial charge in [0, 0.05) is 12.8 Å². The van der Waals surface area contributed by atoms with Gasteiger partial charge in [-0.2, -0.15) is 9.78 Å². The third-order valence-corrected chi connectivity index (χ3v) is 5.40. The maximum absolute atomic E-state index is 5.85. The molecule has 0 aromatic rings. The van der Waals surface area contributed by atoms with Crippen molar-refractivity contribution in [1.29, 1.82) is 0 Å². The minimum absolute atomic E-state index is 0.271. The first-order valence-electron chi connectivity index (χ1n) is 9.10. The minimum Gasteiger partial charge on any atom is -0.227 e. The van der Waals surface area contributed by atoms with Crippen molar-refractivity contribution >= 4 is 0 Å². The summed E-state index contributed by atoms with van der Waals surface area (Å²) < 4.78 is 0. The largest absolute Gasteiger partial charge is 0.234 e. The highest BCUT2D eigenvalue weighted by Gasteiger charge is 2.41. The van der Waals surface area contributed by atoms with Gasteiger partial charge in [-0.15, -0.1) is 0 Å². The lowest BCUT2D eigenvalue weighted by Crippen LogP contribution is -2.44. The van der Waals surface area contributed by atoms with Gasteiger partial charge in [-0.05, 0) is 52.4 Å². The molecule has 1 fully saturated rings. The summed E-state index contributed by atoms with van der Waals surface area (Å²) in [5.41, 5.74) is -0.542. The van der Waals surface area contributed by atoms with Crippen LogP contribution in [0.5, 0.6) is 0 Å². The van der Waals surface area contributed by atoms with E-state index in [0.29, 0.717) is 0 Å². The molecule has 132 valence electrons. The molecule has 0 heterocycles. The van der Waals surface area contributed by atoms with Crippen LogP contribution in [0.25, 0.3) is 0 Å². The van der Waals surface area contributed by atoms with E-state index in [1.165, 1.54) is 6.42 Å². The monoisotopic (exact) mass is 316 g/mol.